The Bertz CT molecular complexity index is 6370. The number of carboxylic acid groups (broad SMARTS) is 1. The van der Waals surface area contributed by atoms with Crippen molar-refractivity contribution >= 4 is 158 Å². The van der Waals surface area contributed by atoms with Crippen molar-refractivity contribution in [3.63, 3.8) is 0 Å². The summed E-state index contributed by atoms with van der Waals surface area (Å²) in [5.74, 6) is -4.23. The molecular formula is C88H114N8O29S9+2. The number of hydrogen-bond acceptors (Lipinski definition) is 28. The van der Waals surface area contributed by atoms with Crippen molar-refractivity contribution in [2.45, 2.75) is 198 Å². The molecule has 10 rings (SSSR count). The second-order valence-corrected chi connectivity index (χ2v) is 41.7. The van der Waals surface area contributed by atoms with Crippen molar-refractivity contribution in [2.75, 3.05) is 73.7 Å². The van der Waals surface area contributed by atoms with Crippen molar-refractivity contribution in [3.8, 4) is 0 Å². The highest BCUT2D eigenvalue weighted by Crippen LogP contribution is 2.52. The Labute approximate surface area is 793 Å². The number of amides is 3. The summed E-state index contributed by atoms with van der Waals surface area (Å²) < 4.78 is 239. The zero-order valence-corrected chi connectivity index (χ0v) is 83.4. The van der Waals surface area contributed by atoms with E-state index in [1.165, 1.54) is 41.1 Å². The average Bonchev–Trinajstić information content (AvgIpc) is 1.60. The number of para-hydroxylation sites is 2. The fraction of sp³-hybridized carbons (Fsp3) is 0.466. The normalized spacial score (nSPS) is 19.3. The molecule has 2 aliphatic carbocycles. The van der Waals surface area contributed by atoms with Gasteiger partial charge >= 0.3 is 48.4 Å². The summed E-state index contributed by atoms with van der Waals surface area (Å²) in [5, 5.41) is 21.5. The maximum absolute atomic E-state index is 14.5. The van der Waals surface area contributed by atoms with Gasteiger partial charge in [-0.1, -0.05) is 134 Å². The molecule has 134 heavy (non-hydrogen) atoms. The molecule has 4 aromatic carbocycles. The Morgan fingerprint density at radius 2 is 0.851 bits per heavy atom. The Kier molecular flexibility index (Phi) is 42.0. The first-order chi connectivity index (χ1) is 62.3. The van der Waals surface area contributed by atoms with Crippen LogP contribution >= 0.6 is 12.2 Å². The predicted octanol–water partition coefficient (Wildman–Crippen LogP) is 10.2. The van der Waals surface area contributed by atoms with E-state index >= 15 is 0 Å². The van der Waals surface area contributed by atoms with E-state index in [0.717, 1.165) is 91.4 Å². The lowest BCUT2D eigenvalue weighted by Crippen LogP contribution is -2.53. The third-order valence-corrected chi connectivity index (χ3v) is 26.6. The molecule has 4 heterocycles. The highest BCUT2D eigenvalue weighted by molar-refractivity contribution is 7.86. The largest absolute Gasteiger partial charge is 0.480 e. The number of benzene rings is 4. The van der Waals surface area contributed by atoms with Crippen molar-refractivity contribution in [2.24, 2.45) is 15.8 Å². The number of carbonyl (C=O) groups excluding carboxylic acids is 3. The van der Waals surface area contributed by atoms with Crippen molar-refractivity contribution in [1.82, 2.24) is 16.0 Å². The number of unbranched alkanes of at least 4 members (excludes halogenated alkanes) is 4. The fourth-order valence-corrected chi connectivity index (χ4v) is 19.1. The topological polar surface area (TPSA) is 572 Å². The van der Waals surface area contributed by atoms with E-state index < -0.39 is 146 Å². The second kappa shape index (κ2) is 49.3. The summed E-state index contributed by atoms with van der Waals surface area (Å²) in [7, 11) is -30.0. The summed E-state index contributed by atoms with van der Waals surface area (Å²) in [6.45, 7) is 27.7. The van der Waals surface area contributed by atoms with Crippen LogP contribution in [0.3, 0.4) is 0 Å². The lowest BCUT2D eigenvalue weighted by molar-refractivity contribution is -0.438. The van der Waals surface area contributed by atoms with E-state index in [9.17, 15) is 76.2 Å². The van der Waals surface area contributed by atoms with Gasteiger partial charge in [0.15, 0.2) is 16.8 Å². The van der Waals surface area contributed by atoms with Crippen molar-refractivity contribution in [3.05, 3.63) is 202 Å². The van der Waals surface area contributed by atoms with Crippen molar-refractivity contribution in [1.29, 1.82) is 0 Å². The van der Waals surface area contributed by atoms with Gasteiger partial charge in [-0.3, -0.25) is 37.4 Å². The standard InChI is InChI=1S/C47H61N5O8S3.C41H51N3O9S2.4O3S/c1-7-9-12-26-51-39-17-11-10-16-37(39)45(3,4)41(51)22-18-34-29-35(32-47(31-34,43(53)49-8-2)44(54)50-25-15-24-48-33-61)19-23-42-46(5,6)38-30-36(63(58,59)60)20-21-40(38)52(42)27-13-14-28-62(55,56)57;1-7-9-22-44-33-13-11-10-12-31(33)39(3,4)35(44)18-14-28-24-29(27-41(26-28,38(46)47)37(45)42-20-23-54(48,49)50)15-19-36-40(5,6)32-25-30(55(51,52)53)16-17-34(32)43(36)21-8-2;4*1-4(2)3/h10-11,16-23,29-30H,7-9,12-15,24-28,31-32H2,1-6H3,(H3-,49,50,53,54,55,56,57,58,59,60);10-19,24-25H,7-9,20-23,26-27H2,1-6H3,(H3-,42,45,46,47,48,49,50,51,52,53);;;;/p+2. The number of fused-ring (bicyclic) bond motifs is 4. The van der Waals surface area contributed by atoms with E-state index in [1.54, 1.807) is 18.2 Å². The first-order valence-electron chi connectivity index (χ1n) is 42.3. The van der Waals surface area contributed by atoms with Crippen LogP contribution in [0.4, 0.5) is 22.7 Å². The van der Waals surface area contributed by atoms with Crippen LogP contribution in [0.2, 0.25) is 0 Å². The zero-order valence-electron chi connectivity index (χ0n) is 76.1. The maximum atomic E-state index is 14.5. The molecule has 4 aromatic rings. The Balaban J connectivity index is 0.000000410. The van der Waals surface area contributed by atoms with Crippen LogP contribution in [-0.4, -0.2) is 221 Å². The molecule has 2 unspecified atom stereocenters. The SMILES string of the molecule is CCCCC[N+]1=C(/C=C/C2=CC(=C/C=C3/N(CCCCS(=O)(=O)O)c4ccc(S(=O)(=O)O)cc4C3(C)C)/CC(C(=O)NCC)(C(=O)NCCCN=C=S)C2)C(C)(C)c2ccccc21.CCCC[N+]1=C(/C=C/C2=CC(=C/C=C3/N(CCC)c4ccc(S(=O)(=O)O)cc4C3(C)C)/CC(C(=O)O)(C(=O)NCCS(=O)(=O)O)C2)C(C)(C)c2ccccc21.O=S(=O)=O.O=S(=O)=O.O=S(=O)=O.O=S(=O)=O. The van der Waals surface area contributed by atoms with Crippen LogP contribution in [-0.2, 0) is 124 Å². The van der Waals surface area contributed by atoms with Gasteiger partial charge in [0, 0.05) is 115 Å². The van der Waals surface area contributed by atoms with Gasteiger partial charge in [0.25, 0.3) is 40.5 Å². The van der Waals surface area contributed by atoms with Crippen LogP contribution < -0.4 is 25.8 Å². The molecule has 0 radical (unpaired) electrons. The van der Waals surface area contributed by atoms with Gasteiger partial charge in [0.05, 0.1) is 43.8 Å². The number of nitrogens with zero attached hydrogens (tertiary/aromatic N) is 5. The van der Waals surface area contributed by atoms with E-state index in [-0.39, 0.29) is 59.3 Å². The van der Waals surface area contributed by atoms with Gasteiger partial charge in [-0.2, -0.15) is 42.8 Å². The molecule has 8 N–H and O–H groups in total. The molecule has 0 saturated carbocycles. The lowest BCUT2D eigenvalue weighted by Gasteiger charge is -2.35. The monoisotopic (exact) mass is 2030 g/mol. The van der Waals surface area contributed by atoms with Gasteiger partial charge in [-0.15, -0.1) is 50.5 Å². The number of aliphatic carboxylic acids is 1. The molecule has 46 heteroatoms. The summed E-state index contributed by atoms with van der Waals surface area (Å²) >= 11 is 4.71. The van der Waals surface area contributed by atoms with Gasteiger partial charge in [-0.05, 0) is 187 Å². The Morgan fingerprint density at radius 3 is 1.25 bits per heavy atom. The number of nitrogens with one attached hydrogen (secondary N) is 3. The van der Waals surface area contributed by atoms with Crippen LogP contribution in [0.25, 0.3) is 0 Å². The molecule has 37 nitrogen and oxygen atoms in total. The first kappa shape index (κ1) is 114. The lowest BCUT2D eigenvalue weighted by atomic mass is 9.70. The summed E-state index contributed by atoms with van der Waals surface area (Å²) in [4.78, 5) is 63.4. The molecule has 6 aliphatic rings. The van der Waals surface area contributed by atoms with E-state index in [4.69, 9.17) is 62.7 Å². The molecule has 4 aliphatic heterocycles. The quantitative estimate of drug-likeness (QED) is 0.00538. The van der Waals surface area contributed by atoms with Gasteiger partial charge < -0.3 is 30.9 Å². The number of aliphatic imine (C=N–C) groups is 1. The van der Waals surface area contributed by atoms with E-state index in [1.807, 2.05) is 107 Å². The maximum Gasteiger partial charge on any atom is 0.425 e. The Morgan fingerprint density at radius 1 is 0.455 bits per heavy atom. The zero-order chi connectivity index (χ0) is 101. The van der Waals surface area contributed by atoms with Crippen LogP contribution in [0.5, 0.6) is 0 Å². The van der Waals surface area contributed by atoms with Crippen LogP contribution in [0, 0.1) is 10.8 Å². The molecule has 0 fully saturated rings. The summed E-state index contributed by atoms with van der Waals surface area (Å²) in [5.41, 5.74) is 8.06. The number of rotatable bonds is 34. The predicted molar refractivity (Wildman–Crippen MR) is 504 cm³/mol. The number of hydrogen-bond donors (Lipinski definition) is 8. The molecule has 3 amide bonds. The van der Waals surface area contributed by atoms with E-state index in [2.05, 4.69) is 124 Å². The second-order valence-electron chi connectivity index (χ2n) is 33.9. The summed E-state index contributed by atoms with van der Waals surface area (Å²) in [6.07, 6.45) is 26.2. The minimum Gasteiger partial charge on any atom is -0.480 e. The third-order valence-electron chi connectivity index (χ3n) is 23.2. The van der Waals surface area contributed by atoms with E-state index in [0.29, 0.717) is 72.6 Å². The molecule has 0 bridgehead atoms. The molecule has 2 atom stereocenters. The fourth-order valence-electron chi connectivity index (χ4n) is 17.1. The minimum atomic E-state index is -4.52. The number of isothiocyanates is 1. The average molecular weight is 2040 g/mol. The molecule has 0 saturated heterocycles. The van der Waals surface area contributed by atoms with Crippen LogP contribution in [0.1, 0.15) is 189 Å². The minimum absolute atomic E-state index is 0.0785. The summed E-state index contributed by atoms with van der Waals surface area (Å²) in [6, 6.07) is 25.6. The molecule has 0 aromatic heterocycles. The number of anilines is 2. The van der Waals surface area contributed by atoms with Crippen LogP contribution in [0.15, 0.2) is 194 Å². The highest BCUT2D eigenvalue weighted by Gasteiger charge is 2.52. The highest BCUT2D eigenvalue weighted by atomic mass is 32.2. The van der Waals surface area contributed by atoms with Gasteiger partial charge in [0.2, 0.25) is 29.1 Å². The molecular weight excluding hydrogens is 1920 g/mol. The number of carboxylic acids is 1. The van der Waals surface area contributed by atoms with Crippen molar-refractivity contribution < 1.29 is 136 Å². The number of carbonyl (C=O) groups is 4. The Hall–Kier alpha value is -10.5. The third kappa shape index (κ3) is 31.0. The molecule has 0 spiro atoms. The molecule has 732 valence electrons. The number of thiocarbonyl (C=S) groups is 1. The van der Waals surface area contributed by atoms with Gasteiger partial charge in [-0.25, -0.2) is 4.99 Å². The van der Waals surface area contributed by atoms with Gasteiger partial charge in [0.1, 0.15) is 18.5 Å². The first-order valence-corrected chi connectivity index (χ1v) is 52.8. The number of allylic oxidation sites excluding steroid dienone is 16. The smallest absolute Gasteiger partial charge is 0.425 e.